The summed E-state index contributed by atoms with van der Waals surface area (Å²) in [6, 6.07) is 5.87. The van der Waals surface area contributed by atoms with Crippen LogP contribution in [0, 0.1) is 6.92 Å². The number of aryl methyl sites for hydroxylation is 1. The van der Waals surface area contributed by atoms with Crippen molar-refractivity contribution >= 4 is 11.4 Å². The Labute approximate surface area is 194 Å². The summed E-state index contributed by atoms with van der Waals surface area (Å²) in [6.07, 6.45) is 17.8. The maximum atomic E-state index is 12.8. The van der Waals surface area contributed by atoms with Crippen molar-refractivity contribution in [3.8, 4) is 11.4 Å². The maximum absolute atomic E-state index is 12.8. The molecule has 1 N–H and O–H groups in total. The van der Waals surface area contributed by atoms with Crippen LogP contribution in [-0.2, 0) is 4.79 Å². The molecule has 0 atom stereocenters. The molecule has 4 rings (SSSR count). The third-order valence-corrected chi connectivity index (χ3v) is 5.53. The van der Waals surface area contributed by atoms with Gasteiger partial charge in [0.15, 0.2) is 5.78 Å². The number of hydrogen-bond acceptors (Lipinski definition) is 3. The van der Waals surface area contributed by atoms with Crippen LogP contribution in [-0.4, -0.2) is 21.0 Å². The number of aromatic amines is 1. The molecule has 33 heavy (non-hydrogen) atoms. The molecule has 0 saturated heterocycles. The molecule has 0 aliphatic heterocycles. The monoisotopic (exact) mass is 431 g/mol. The van der Waals surface area contributed by atoms with Crippen LogP contribution in [0.2, 0.25) is 0 Å². The van der Waals surface area contributed by atoms with E-state index in [4.69, 9.17) is 0 Å². The van der Waals surface area contributed by atoms with E-state index in [9.17, 15) is 4.79 Å². The molecular formula is C29H25N3O. The maximum Gasteiger partial charge on any atom is 0.189 e. The van der Waals surface area contributed by atoms with E-state index >= 15 is 0 Å². The number of Topliss-reactive ketones (excluding diaryl/α,β-unsaturated/α-hetero) is 1. The first-order valence-corrected chi connectivity index (χ1v) is 10.8. The second kappa shape index (κ2) is 9.47. The summed E-state index contributed by atoms with van der Waals surface area (Å²) < 4.78 is 0. The van der Waals surface area contributed by atoms with Crippen LogP contribution in [0.25, 0.3) is 17.0 Å². The Morgan fingerprint density at radius 2 is 2.09 bits per heavy atom. The molecule has 2 aromatic rings. The van der Waals surface area contributed by atoms with Crippen molar-refractivity contribution in [1.82, 2.24) is 15.2 Å². The number of carbonyl (C=O) groups is 1. The largest absolute Gasteiger partial charge is 0.289 e. The smallest absolute Gasteiger partial charge is 0.189 e. The Bertz CT molecular complexity index is 1380. The van der Waals surface area contributed by atoms with E-state index in [0.717, 1.165) is 44.9 Å². The van der Waals surface area contributed by atoms with Gasteiger partial charge in [-0.05, 0) is 72.9 Å². The first-order valence-electron chi connectivity index (χ1n) is 10.8. The summed E-state index contributed by atoms with van der Waals surface area (Å²) in [5.41, 5.74) is 11.4. The Morgan fingerprint density at radius 3 is 2.88 bits per heavy atom. The average Bonchev–Trinajstić information content (AvgIpc) is 3.15. The summed E-state index contributed by atoms with van der Waals surface area (Å²) in [4.78, 5) is 17.4. The second-order valence-electron chi connectivity index (χ2n) is 7.86. The number of allylic oxidation sites excluding steroid dienone is 13. The molecule has 4 nitrogen and oxygen atoms in total. The predicted octanol–water partition coefficient (Wildman–Crippen LogP) is 6.33. The number of hydrogen-bond donors (Lipinski definition) is 1. The van der Waals surface area contributed by atoms with E-state index in [2.05, 4.69) is 34.1 Å². The van der Waals surface area contributed by atoms with Crippen LogP contribution in [0.15, 0.2) is 120 Å². The van der Waals surface area contributed by atoms with Crippen LogP contribution in [0.5, 0.6) is 0 Å². The number of carbonyl (C=O) groups excluding carboxylic acids is 1. The van der Waals surface area contributed by atoms with Crippen molar-refractivity contribution in [2.45, 2.75) is 20.3 Å². The lowest BCUT2D eigenvalue weighted by Gasteiger charge is -2.09. The fourth-order valence-corrected chi connectivity index (χ4v) is 3.69. The topological polar surface area (TPSA) is 58.6 Å². The Hall–Kier alpha value is -4.27. The van der Waals surface area contributed by atoms with Crippen molar-refractivity contribution in [2.75, 3.05) is 0 Å². The van der Waals surface area contributed by atoms with Gasteiger partial charge in [0, 0.05) is 28.6 Å². The number of ketones is 1. The highest BCUT2D eigenvalue weighted by atomic mass is 16.1. The second-order valence-corrected chi connectivity index (χ2v) is 7.86. The van der Waals surface area contributed by atoms with Crippen LogP contribution in [0.3, 0.4) is 0 Å². The average molecular weight is 432 g/mol. The normalized spacial score (nSPS) is 17.8. The highest BCUT2D eigenvalue weighted by molar-refractivity contribution is 6.12. The number of aromatic nitrogens is 3. The molecule has 0 bridgehead atoms. The fourth-order valence-electron chi connectivity index (χ4n) is 3.69. The van der Waals surface area contributed by atoms with Crippen LogP contribution in [0.4, 0.5) is 0 Å². The molecule has 2 aliphatic rings. The van der Waals surface area contributed by atoms with Crippen LogP contribution < -0.4 is 0 Å². The van der Waals surface area contributed by atoms with E-state index in [1.54, 1.807) is 0 Å². The summed E-state index contributed by atoms with van der Waals surface area (Å²) in [5.74, 6) is -0.0337. The van der Waals surface area contributed by atoms with Gasteiger partial charge in [0.1, 0.15) is 5.69 Å². The van der Waals surface area contributed by atoms with Gasteiger partial charge in [-0.25, -0.2) is 0 Å². The van der Waals surface area contributed by atoms with Gasteiger partial charge in [-0.3, -0.25) is 14.9 Å². The quantitative estimate of drug-likeness (QED) is 0.455. The molecule has 2 aromatic heterocycles. The predicted molar refractivity (Wildman–Crippen MR) is 134 cm³/mol. The lowest BCUT2D eigenvalue weighted by Crippen LogP contribution is -2.06. The first-order chi connectivity index (χ1) is 16.0. The zero-order valence-electron chi connectivity index (χ0n) is 18.9. The van der Waals surface area contributed by atoms with Gasteiger partial charge in [0.25, 0.3) is 0 Å². The number of H-pyrrole nitrogens is 1. The van der Waals surface area contributed by atoms with Crippen LogP contribution >= 0.6 is 0 Å². The van der Waals surface area contributed by atoms with Gasteiger partial charge in [-0.2, -0.15) is 5.10 Å². The number of nitrogens with zero attached hydrogens (tertiary/aromatic N) is 2. The molecule has 2 heterocycles. The highest BCUT2D eigenvalue weighted by Gasteiger charge is 2.18. The lowest BCUT2D eigenvalue weighted by atomic mass is 9.94. The van der Waals surface area contributed by atoms with Crippen molar-refractivity contribution in [3.63, 3.8) is 0 Å². The van der Waals surface area contributed by atoms with E-state index in [1.807, 2.05) is 86.9 Å². The molecular weight excluding hydrogens is 406 g/mol. The number of rotatable bonds is 4. The third kappa shape index (κ3) is 4.67. The van der Waals surface area contributed by atoms with Gasteiger partial charge in [0.2, 0.25) is 0 Å². The van der Waals surface area contributed by atoms with Gasteiger partial charge in [-0.1, -0.05) is 49.6 Å². The number of nitrogens with one attached hydrogen (secondary N) is 1. The lowest BCUT2D eigenvalue weighted by molar-refractivity contribution is -0.112. The molecule has 0 fully saturated rings. The Kier molecular flexibility index (Phi) is 6.30. The molecule has 0 amide bonds. The summed E-state index contributed by atoms with van der Waals surface area (Å²) in [6.45, 7) is 12.0. The SMILES string of the molecule is C=C1CC=CC=C(C(/C=C2/C=C=C(c3c[nH]nc3-c3cccc(C)n3)C=CC2=C)=C/C)C1=O. The molecule has 4 heteroatoms. The standard InChI is InChI=1S/C29H25N3O/c1-5-22(25-11-7-6-9-20(3)29(25)33)17-24-16-15-23(14-13-19(24)2)26-18-30-32-28(26)27-12-8-10-21(4)31-27/h5-8,10-14,16-18H,2-3,9H2,1,4H3,(H,30,32)/b22-5+,24-17-. The molecule has 0 radical (unpaired) electrons. The van der Waals surface area contributed by atoms with Crippen molar-refractivity contribution in [2.24, 2.45) is 0 Å². The minimum Gasteiger partial charge on any atom is -0.289 e. The van der Waals surface area contributed by atoms with E-state index < -0.39 is 0 Å². The van der Waals surface area contributed by atoms with E-state index in [0.29, 0.717) is 17.6 Å². The van der Waals surface area contributed by atoms with Crippen LogP contribution in [0.1, 0.15) is 24.6 Å². The van der Waals surface area contributed by atoms with Crippen molar-refractivity contribution in [1.29, 1.82) is 0 Å². The molecule has 162 valence electrons. The zero-order valence-corrected chi connectivity index (χ0v) is 18.9. The van der Waals surface area contributed by atoms with E-state index in [1.165, 1.54) is 0 Å². The molecule has 0 spiro atoms. The van der Waals surface area contributed by atoms with Gasteiger partial charge < -0.3 is 0 Å². The minimum absolute atomic E-state index is 0.0337. The summed E-state index contributed by atoms with van der Waals surface area (Å²) in [7, 11) is 0. The third-order valence-electron chi connectivity index (χ3n) is 5.53. The van der Waals surface area contributed by atoms with Gasteiger partial charge >= 0.3 is 0 Å². The molecule has 0 unspecified atom stereocenters. The highest BCUT2D eigenvalue weighted by Crippen LogP contribution is 2.30. The van der Waals surface area contributed by atoms with Gasteiger partial charge in [-0.15, -0.1) is 5.73 Å². The Balaban J connectivity index is 1.74. The first kappa shape index (κ1) is 21.9. The number of pyridine rings is 1. The van der Waals surface area contributed by atoms with Crippen molar-refractivity contribution in [3.05, 3.63) is 131 Å². The summed E-state index contributed by atoms with van der Waals surface area (Å²) in [5, 5.41) is 7.37. The molecule has 0 saturated carbocycles. The van der Waals surface area contributed by atoms with Gasteiger partial charge in [0.05, 0.1) is 5.69 Å². The molecule has 2 aliphatic carbocycles. The van der Waals surface area contributed by atoms with Crippen molar-refractivity contribution < 1.29 is 4.79 Å². The van der Waals surface area contributed by atoms with E-state index in [-0.39, 0.29) is 5.78 Å². The fraction of sp³-hybridized carbons (Fsp3) is 0.103. The minimum atomic E-state index is -0.0337. The zero-order chi connectivity index (χ0) is 23.4. The Morgan fingerprint density at radius 1 is 1.24 bits per heavy atom. The summed E-state index contributed by atoms with van der Waals surface area (Å²) >= 11 is 0. The molecule has 0 aromatic carbocycles.